The molecule has 0 radical (unpaired) electrons. The standard InChI is InChI=1S/C14H15ClN2O/c15-13(10-4-8-3-9(8)5-10)7-1-2-11-12(6-7)17-14(18)16-11/h1-2,6,8-10,13H,3-5H2,(H2,16,17,18). The fourth-order valence-corrected chi connectivity index (χ4v) is 3.84. The zero-order valence-electron chi connectivity index (χ0n) is 9.95. The number of fused-ring (bicyclic) bond motifs is 2. The molecule has 2 N–H and O–H groups in total. The van der Waals surface area contributed by atoms with E-state index in [1.807, 2.05) is 18.2 Å². The number of imidazole rings is 1. The van der Waals surface area contributed by atoms with Gasteiger partial charge in [-0.1, -0.05) is 6.07 Å². The molecule has 18 heavy (non-hydrogen) atoms. The fraction of sp³-hybridized carbons (Fsp3) is 0.500. The van der Waals surface area contributed by atoms with Crippen molar-refractivity contribution in [1.82, 2.24) is 9.97 Å². The first-order chi connectivity index (χ1) is 8.70. The Bertz CT molecular complexity index is 649. The highest BCUT2D eigenvalue weighted by Gasteiger charge is 2.47. The number of hydrogen-bond acceptors (Lipinski definition) is 1. The van der Waals surface area contributed by atoms with E-state index in [2.05, 4.69) is 9.97 Å². The van der Waals surface area contributed by atoms with Gasteiger partial charge in [-0.25, -0.2) is 4.79 Å². The maximum absolute atomic E-state index is 11.2. The second kappa shape index (κ2) is 3.64. The maximum atomic E-state index is 11.2. The predicted octanol–water partition coefficient (Wildman–Crippen LogP) is 3.18. The molecule has 2 aliphatic rings. The summed E-state index contributed by atoms with van der Waals surface area (Å²) in [6.07, 6.45) is 3.98. The summed E-state index contributed by atoms with van der Waals surface area (Å²) in [6.45, 7) is 0. The number of hydrogen-bond donors (Lipinski definition) is 2. The van der Waals surface area contributed by atoms with Gasteiger partial charge in [0.15, 0.2) is 0 Å². The van der Waals surface area contributed by atoms with Crippen LogP contribution in [0.3, 0.4) is 0 Å². The van der Waals surface area contributed by atoms with Crippen LogP contribution in [-0.2, 0) is 0 Å². The molecule has 0 saturated heterocycles. The first-order valence-electron chi connectivity index (χ1n) is 6.57. The second-order valence-electron chi connectivity index (χ2n) is 5.77. The Morgan fingerprint density at radius 2 is 1.83 bits per heavy atom. The van der Waals surface area contributed by atoms with E-state index in [-0.39, 0.29) is 11.1 Å². The molecule has 3 nitrogen and oxygen atoms in total. The van der Waals surface area contributed by atoms with Crippen molar-refractivity contribution < 1.29 is 0 Å². The van der Waals surface area contributed by atoms with E-state index in [1.165, 1.54) is 19.3 Å². The minimum atomic E-state index is -0.157. The van der Waals surface area contributed by atoms with Crippen LogP contribution in [0.5, 0.6) is 0 Å². The second-order valence-corrected chi connectivity index (χ2v) is 6.24. The molecule has 2 aromatic rings. The van der Waals surface area contributed by atoms with Crippen molar-refractivity contribution in [2.24, 2.45) is 17.8 Å². The van der Waals surface area contributed by atoms with Crippen molar-refractivity contribution >= 4 is 22.6 Å². The molecule has 4 heteroatoms. The van der Waals surface area contributed by atoms with Crippen LogP contribution >= 0.6 is 11.6 Å². The number of alkyl halides is 1. The topological polar surface area (TPSA) is 48.6 Å². The third-order valence-corrected chi connectivity index (χ3v) is 5.16. The van der Waals surface area contributed by atoms with Gasteiger partial charge in [0, 0.05) is 0 Å². The quantitative estimate of drug-likeness (QED) is 0.803. The molecule has 2 saturated carbocycles. The van der Waals surface area contributed by atoms with Crippen LogP contribution in [0, 0.1) is 17.8 Å². The Morgan fingerprint density at radius 3 is 2.61 bits per heavy atom. The number of benzene rings is 1. The Balaban J connectivity index is 1.66. The van der Waals surface area contributed by atoms with E-state index in [0.717, 1.165) is 28.4 Å². The van der Waals surface area contributed by atoms with Crippen LogP contribution in [0.15, 0.2) is 23.0 Å². The summed E-state index contributed by atoms with van der Waals surface area (Å²) >= 11 is 6.60. The van der Waals surface area contributed by atoms with Crippen LogP contribution < -0.4 is 5.69 Å². The minimum Gasteiger partial charge on any atom is -0.306 e. The molecule has 3 atom stereocenters. The molecule has 4 rings (SSSR count). The van der Waals surface area contributed by atoms with Gasteiger partial charge in [-0.3, -0.25) is 0 Å². The molecule has 3 unspecified atom stereocenters. The summed E-state index contributed by atoms with van der Waals surface area (Å²) in [5.74, 6) is 2.51. The average Bonchev–Trinajstić information content (AvgIpc) is 2.82. The van der Waals surface area contributed by atoms with Gasteiger partial charge in [-0.2, -0.15) is 0 Å². The fourth-order valence-electron chi connectivity index (χ4n) is 3.49. The lowest BCUT2D eigenvalue weighted by molar-refractivity contribution is 0.471. The van der Waals surface area contributed by atoms with Gasteiger partial charge < -0.3 is 9.97 Å². The highest BCUT2D eigenvalue weighted by Crippen LogP contribution is 2.58. The number of rotatable bonds is 2. The molecule has 2 fully saturated rings. The summed E-state index contributed by atoms with van der Waals surface area (Å²) < 4.78 is 0. The maximum Gasteiger partial charge on any atom is 0.323 e. The lowest BCUT2D eigenvalue weighted by Crippen LogP contribution is -2.05. The van der Waals surface area contributed by atoms with E-state index >= 15 is 0 Å². The zero-order chi connectivity index (χ0) is 12.3. The van der Waals surface area contributed by atoms with Gasteiger partial charge in [0.1, 0.15) is 0 Å². The van der Waals surface area contributed by atoms with Crippen LogP contribution in [0.1, 0.15) is 30.2 Å². The lowest BCUT2D eigenvalue weighted by Gasteiger charge is -2.18. The molecule has 94 valence electrons. The third-order valence-electron chi connectivity index (χ3n) is 4.55. The smallest absolute Gasteiger partial charge is 0.306 e. The first-order valence-corrected chi connectivity index (χ1v) is 7.00. The Kier molecular flexibility index (Phi) is 2.16. The minimum absolute atomic E-state index is 0.0839. The Labute approximate surface area is 110 Å². The van der Waals surface area contributed by atoms with Gasteiger partial charge in [-0.05, 0) is 54.7 Å². The van der Waals surface area contributed by atoms with E-state index in [9.17, 15) is 4.79 Å². The number of nitrogens with one attached hydrogen (secondary N) is 2. The van der Waals surface area contributed by atoms with Gasteiger partial charge in [0.2, 0.25) is 0 Å². The van der Waals surface area contributed by atoms with Gasteiger partial charge in [0.05, 0.1) is 16.4 Å². The van der Waals surface area contributed by atoms with Crippen molar-refractivity contribution in [3.63, 3.8) is 0 Å². The molecular formula is C14H15ClN2O. The van der Waals surface area contributed by atoms with Gasteiger partial charge in [-0.15, -0.1) is 11.6 Å². The normalized spacial score (nSPS) is 31.5. The predicted molar refractivity (Wildman–Crippen MR) is 71.8 cm³/mol. The van der Waals surface area contributed by atoms with E-state index in [1.54, 1.807) is 0 Å². The molecule has 1 aromatic heterocycles. The summed E-state index contributed by atoms with van der Waals surface area (Å²) in [4.78, 5) is 16.8. The monoisotopic (exact) mass is 262 g/mol. The SMILES string of the molecule is O=c1[nH]c2ccc(C(Cl)C3CC4CC4C3)cc2[nH]1. The van der Waals surface area contributed by atoms with Crippen LogP contribution in [0.4, 0.5) is 0 Å². The molecule has 0 amide bonds. The number of aromatic nitrogens is 2. The van der Waals surface area contributed by atoms with Crippen molar-refractivity contribution in [2.75, 3.05) is 0 Å². The summed E-state index contributed by atoms with van der Waals surface area (Å²) in [5.41, 5.74) is 2.68. The highest BCUT2D eigenvalue weighted by molar-refractivity contribution is 6.21. The summed E-state index contributed by atoms with van der Waals surface area (Å²) in [6, 6.07) is 5.98. The van der Waals surface area contributed by atoms with Gasteiger partial charge >= 0.3 is 5.69 Å². The zero-order valence-corrected chi connectivity index (χ0v) is 10.7. The number of H-pyrrole nitrogens is 2. The summed E-state index contributed by atoms with van der Waals surface area (Å²) in [7, 11) is 0. The van der Waals surface area contributed by atoms with Crippen molar-refractivity contribution in [2.45, 2.75) is 24.6 Å². The Hall–Kier alpha value is -1.22. The molecule has 0 spiro atoms. The number of aromatic amines is 2. The highest BCUT2D eigenvalue weighted by atomic mass is 35.5. The average molecular weight is 263 g/mol. The largest absolute Gasteiger partial charge is 0.323 e. The van der Waals surface area contributed by atoms with Crippen LogP contribution in [-0.4, -0.2) is 9.97 Å². The number of halogens is 1. The van der Waals surface area contributed by atoms with Crippen molar-refractivity contribution in [3.05, 3.63) is 34.2 Å². The molecular weight excluding hydrogens is 248 g/mol. The van der Waals surface area contributed by atoms with Gasteiger partial charge in [0.25, 0.3) is 0 Å². The molecule has 1 aromatic carbocycles. The van der Waals surface area contributed by atoms with E-state index < -0.39 is 0 Å². The summed E-state index contributed by atoms with van der Waals surface area (Å²) in [5, 5.41) is 0.0839. The van der Waals surface area contributed by atoms with Crippen molar-refractivity contribution in [3.8, 4) is 0 Å². The van der Waals surface area contributed by atoms with Crippen LogP contribution in [0.25, 0.3) is 11.0 Å². The van der Waals surface area contributed by atoms with Crippen LogP contribution in [0.2, 0.25) is 0 Å². The van der Waals surface area contributed by atoms with E-state index in [4.69, 9.17) is 11.6 Å². The molecule has 0 aliphatic heterocycles. The lowest BCUT2D eigenvalue weighted by atomic mass is 9.94. The Morgan fingerprint density at radius 1 is 1.11 bits per heavy atom. The van der Waals surface area contributed by atoms with E-state index in [0.29, 0.717) is 5.92 Å². The molecule has 0 bridgehead atoms. The molecule has 2 aliphatic carbocycles. The molecule has 1 heterocycles. The van der Waals surface area contributed by atoms with Crippen molar-refractivity contribution in [1.29, 1.82) is 0 Å². The first kappa shape index (κ1) is 10.7. The third kappa shape index (κ3) is 1.61.